The number of hydrogen-bond acceptors (Lipinski definition) is 2. The molecule has 1 heterocycles. The average molecular weight is 226 g/mol. The van der Waals surface area contributed by atoms with Crippen molar-refractivity contribution < 1.29 is 4.79 Å². The second-order valence-corrected chi connectivity index (χ2v) is 5.28. The summed E-state index contributed by atoms with van der Waals surface area (Å²) in [7, 11) is 1.81. The minimum atomic E-state index is 0.00793. The molecule has 1 aliphatic carbocycles. The number of benzene rings is 1. The lowest BCUT2D eigenvalue weighted by Gasteiger charge is -2.13. The minimum absolute atomic E-state index is 0.00793. The van der Waals surface area contributed by atoms with Crippen LogP contribution in [0.3, 0.4) is 0 Å². The van der Waals surface area contributed by atoms with Gasteiger partial charge in [0.2, 0.25) is 5.91 Å². The quantitative estimate of drug-likeness (QED) is 0.735. The standard InChI is InChI=1S/C14H14N2O/c1-14(7-11(14)8-15)10-3-4-12-9(5-10)6-13(17)16(12)2/h3-5,11H,6-7H2,1-2H3. The molecule has 1 saturated carbocycles. The van der Waals surface area contributed by atoms with Gasteiger partial charge in [0.1, 0.15) is 0 Å². The Morgan fingerprint density at radius 3 is 2.94 bits per heavy atom. The predicted octanol–water partition coefficient (Wildman–Crippen LogP) is 2.01. The van der Waals surface area contributed by atoms with E-state index >= 15 is 0 Å². The smallest absolute Gasteiger partial charge is 0.231 e. The van der Waals surface area contributed by atoms with E-state index in [-0.39, 0.29) is 17.2 Å². The Morgan fingerprint density at radius 1 is 1.53 bits per heavy atom. The summed E-state index contributed by atoms with van der Waals surface area (Å²) in [6.45, 7) is 2.13. The second kappa shape index (κ2) is 3.10. The lowest BCUT2D eigenvalue weighted by atomic mass is 9.93. The van der Waals surface area contributed by atoms with Gasteiger partial charge in [0.05, 0.1) is 18.4 Å². The van der Waals surface area contributed by atoms with Crippen LogP contribution in [-0.2, 0) is 16.6 Å². The van der Waals surface area contributed by atoms with Gasteiger partial charge in [-0.3, -0.25) is 4.79 Å². The van der Waals surface area contributed by atoms with Crippen LogP contribution in [0.4, 0.5) is 5.69 Å². The van der Waals surface area contributed by atoms with Crippen LogP contribution in [0.5, 0.6) is 0 Å². The number of rotatable bonds is 1. The van der Waals surface area contributed by atoms with E-state index in [1.807, 2.05) is 13.1 Å². The van der Waals surface area contributed by atoms with Crippen molar-refractivity contribution in [2.75, 3.05) is 11.9 Å². The maximum absolute atomic E-state index is 11.6. The summed E-state index contributed by atoms with van der Waals surface area (Å²) < 4.78 is 0. The SMILES string of the molecule is CN1C(=O)Cc2cc(C3(C)CC3C#N)ccc21. The molecule has 86 valence electrons. The van der Waals surface area contributed by atoms with Gasteiger partial charge in [0.25, 0.3) is 0 Å². The number of nitrogens with zero attached hydrogens (tertiary/aromatic N) is 2. The maximum atomic E-state index is 11.6. The Hall–Kier alpha value is -1.82. The topological polar surface area (TPSA) is 44.1 Å². The van der Waals surface area contributed by atoms with Crippen LogP contribution in [0, 0.1) is 17.2 Å². The molecule has 17 heavy (non-hydrogen) atoms. The van der Waals surface area contributed by atoms with Crippen molar-refractivity contribution in [2.45, 2.75) is 25.2 Å². The Balaban J connectivity index is 2.00. The molecular weight excluding hydrogens is 212 g/mol. The fourth-order valence-corrected chi connectivity index (χ4v) is 2.70. The zero-order chi connectivity index (χ0) is 12.2. The van der Waals surface area contributed by atoms with Gasteiger partial charge < -0.3 is 4.90 Å². The minimum Gasteiger partial charge on any atom is -0.315 e. The Labute approximate surface area is 101 Å². The highest BCUT2D eigenvalue weighted by Gasteiger charge is 2.52. The maximum Gasteiger partial charge on any atom is 0.231 e. The molecule has 1 amide bonds. The summed E-state index contributed by atoms with van der Waals surface area (Å²) in [4.78, 5) is 13.3. The lowest BCUT2D eigenvalue weighted by Crippen LogP contribution is -2.20. The van der Waals surface area contributed by atoms with Gasteiger partial charge in [-0.05, 0) is 23.6 Å². The fourth-order valence-electron chi connectivity index (χ4n) is 2.70. The number of likely N-dealkylation sites (N-methyl/N-ethyl adjacent to an activating group) is 1. The van der Waals surface area contributed by atoms with Crippen LogP contribution in [0.15, 0.2) is 18.2 Å². The summed E-state index contributed by atoms with van der Waals surface area (Å²) in [5.41, 5.74) is 3.32. The van der Waals surface area contributed by atoms with Gasteiger partial charge in [-0.1, -0.05) is 19.1 Å². The number of anilines is 1. The van der Waals surface area contributed by atoms with Gasteiger partial charge in [0.15, 0.2) is 0 Å². The summed E-state index contributed by atoms with van der Waals surface area (Å²) in [6, 6.07) is 8.51. The molecule has 0 aromatic heterocycles. The van der Waals surface area contributed by atoms with Gasteiger partial charge in [-0.25, -0.2) is 0 Å². The van der Waals surface area contributed by atoms with Crippen LogP contribution in [0.1, 0.15) is 24.5 Å². The van der Waals surface area contributed by atoms with E-state index in [0.717, 1.165) is 17.7 Å². The molecule has 2 aliphatic rings. The molecule has 0 N–H and O–H groups in total. The van der Waals surface area contributed by atoms with Crippen molar-refractivity contribution in [1.29, 1.82) is 5.26 Å². The van der Waals surface area contributed by atoms with E-state index in [2.05, 4.69) is 25.1 Å². The molecule has 2 unspecified atom stereocenters. The largest absolute Gasteiger partial charge is 0.315 e. The Bertz CT molecular complexity index is 558. The van der Waals surface area contributed by atoms with Crippen LogP contribution in [-0.4, -0.2) is 13.0 Å². The molecular formula is C14H14N2O. The van der Waals surface area contributed by atoms with Gasteiger partial charge >= 0.3 is 0 Å². The summed E-state index contributed by atoms with van der Waals surface area (Å²) in [6.07, 6.45) is 1.43. The van der Waals surface area contributed by atoms with Crippen molar-refractivity contribution in [1.82, 2.24) is 0 Å². The molecule has 0 bridgehead atoms. The van der Waals surface area contributed by atoms with E-state index in [0.29, 0.717) is 6.42 Å². The Kier molecular flexibility index (Phi) is 1.89. The first-order chi connectivity index (χ1) is 8.06. The number of carbonyl (C=O) groups excluding carboxylic acids is 1. The van der Waals surface area contributed by atoms with Crippen molar-refractivity contribution in [3.63, 3.8) is 0 Å². The highest BCUT2D eigenvalue weighted by atomic mass is 16.2. The molecule has 2 atom stereocenters. The van der Waals surface area contributed by atoms with Crippen LogP contribution in [0.25, 0.3) is 0 Å². The summed E-state index contributed by atoms with van der Waals surface area (Å²) in [5.74, 6) is 0.283. The third kappa shape index (κ3) is 1.30. The van der Waals surface area contributed by atoms with E-state index in [1.54, 1.807) is 4.90 Å². The third-order valence-electron chi connectivity index (χ3n) is 4.21. The number of carbonyl (C=O) groups is 1. The average Bonchev–Trinajstić information content (AvgIpc) is 2.92. The van der Waals surface area contributed by atoms with Crippen LogP contribution >= 0.6 is 0 Å². The van der Waals surface area contributed by atoms with E-state index < -0.39 is 0 Å². The van der Waals surface area contributed by atoms with Crippen molar-refractivity contribution >= 4 is 11.6 Å². The van der Waals surface area contributed by atoms with Crippen molar-refractivity contribution in [3.05, 3.63) is 29.3 Å². The molecule has 0 radical (unpaired) electrons. The molecule has 0 saturated heterocycles. The van der Waals surface area contributed by atoms with Gasteiger partial charge in [0, 0.05) is 18.2 Å². The zero-order valence-corrected chi connectivity index (χ0v) is 10.0. The first-order valence-corrected chi connectivity index (χ1v) is 5.86. The van der Waals surface area contributed by atoms with Gasteiger partial charge in [-0.2, -0.15) is 5.26 Å². The first kappa shape index (κ1) is 10.3. The molecule has 3 rings (SSSR count). The highest BCUT2D eigenvalue weighted by molar-refractivity contribution is 6.01. The monoisotopic (exact) mass is 226 g/mol. The third-order valence-corrected chi connectivity index (χ3v) is 4.21. The normalized spacial score (nSPS) is 30.1. The summed E-state index contributed by atoms with van der Waals surface area (Å²) >= 11 is 0. The zero-order valence-electron chi connectivity index (χ0n) is 10.0. The summed E-state index contributed by atoms with van der Waals surface area (Å²) in [5, 5.41) is 8.97. The number of fused-ring (bicyclic) bond motifs is 1. The van der Waals surface area contributed by atoms with Gasteiger partial charge in [-0.15, -0.1) is 0 Å². The first-order valence-electron chi connectivity index (χ1n) is 5.86. The molecule has 1 fully saturated rings. The van der Waals surface area contributed by atoms with Crippen molar-refractivity contribution in [2.24, 2.45) is 5.92 Å². The van der Waals surface area contributed by atoms with Crippen LogP contribution in [0.2, 0.25) is 0 Å². The second-order valence-electron chi connectivity index (χ2n) is 5.28. The van der Waals surface area contributed by atoms with E-state index in [9.17, 15) is 4.79 Å². The number of hydrogen-bond donors (Lipinski definition) is 0. The molecule has 1 aromatic rings. The van der Waals surface area contributed by atoms with E-state index in [4.69, 9.17) is 5.26 Å². The fraction of sp³-hybridized carbons (Fsp3) is 0.429. The van der Waals surface area contributed by atoms with E-state index in [1.165, 1.54) is 5.56 Å². The van der Waals surface area contributed by atoms with Crippen LogP contribution < -0.4 is 4.90 Å². The predicted molar refractivity (Wildman–Crippen MR) is 64.6 cm³/mol. The molecule has 3 heteroatoms. The molecule has 0 spiro atoms. The molecule has 3 nitrogen and oxygen atoms in total. The lowest BCUT2D eigenvalue weighted by molar-refractivity contribution is -0.117. The number of nitriles is 1. The highest BCUT2D eigenvalue weighted by Crippen LogP contribution is 2.54. The Morgan fingerprint density at radius 2 is 2.29 bits per heavy atom. The molecule has 1 aromatic carbocycles. The molecule has 1 aliphatic heterocycles. The number of amides is 1. The van der Waals surface area contributed by atoms with Crippen molar-refractivity contribution in [3.8, 4) is 6.07 Å².